The van der Waals surface area contributed by atoms with Gasteiger partial charge in [-0.05, 0) is 24.3 Å². The summed E-state index contributed by atoms with van der Waals surface area (Å²) in [6.45, 7) is 0. The Kier molecular flexibility index (Phi) is 3.44. The molecule has 23 heavy (non-hydrogen) atoms. The molecule has 5 nitrogen and oxygen atoms in total. The number of nitrogens with one attached hydrogen (secondary N) is 2. The van der Waals surface area contributed by atoms with Crippen LogP contribution >= 0.6 is 0 Å². The minimum Gasteiger partial charge on any atom is -0.457 e. The van der Waals surface area contributed by atoms with E-state index in [1.165, 1.54) is 30.3 Å². The maximum atomic E-state index is 12.7. The summed E-state index contributed by atoms with van der Waals surface area (Å²) in [5.41, 5.74) is -0.530. The zero-order valence-corrected chi connectivity index (χ0v) is 11.4. The third kappa shape index (κ3) is 3.10. The molecule has 0 unspecified atom stereocenters. The van der Waals surface area contributed by atoms with Crippen LogP contribution in [0.5, 0.6) is 0 Å². The summed E-state index contributed by atoms with van der Waals surface area (Å²) in [6, 6.07) is 7.02. The van der Waals surface area contributed by atoms with Crippen LogP contribution in [0.3, 0.4) is 0 Å². The van der Waals surface area contributed by atoms with Crippen molar-refractivity contribution < 1.29 is 27.2 Å². The number of hydrogen-bond donors (Lipinski definition) is 2. The van der Waals surface area contributed by atoms with Gasteiger partial charge in [0.15, 0.2) is 0 Å². The van der Waals surface area contributed by atoms with Crippen LogP contribution in [0.4, 0.5) is 18.0 Å². The van der Waals surface area contributed by atoms with Crippen LogP contribution in [0.1, 0.15) is 11.3 Å². The maximum Gasteiger partial charge on any atom is 0.416 e. The first-order valence-electron chi connectivity index (χ1n) is 6.44. The molecule has 1 aliphatic rings. The van der Waals surface area contributed by atoms with E-state index in [4.69, 9.17) is 4.42 Å². The van der Waals surface area contributed by atoms with Crippen molar-refractivity contribution in [2.24, 2.45) is 0 Å². The van der Waals surface area contributed by atoms with E-state index in [1.54, 1.807) is 0 Å². The molecule has 0 aliphatic carbocycles. The minimum atomic E-state index is -4.44. The molecule has 8 heteroatoms. The van der Waals surface area contributed by atoms with Crippen molar-refractivity contribution in [3.63, 3.8) is 0 Å². The number of benzene rings is 1. The molecule has 3 rings (SSSR count). The average Bonchev–Trinajstić information content (AvgIpc) is 3.06. The van der Waals surface area contributed by atoms with E-state index in [9.17, 15) is 22.8 Å². The molecular formula is C15H9F3N2O3. The quantitative estimate of drug-likeness (QED) is 0.659. The van der Waals surface area contributed by atoms with E-state index in [2.05, 4.69) is 5.32 Å². The lowest BCUT2D eigenvalue weighted by Crippen LogP contribution is -2.22. The SMILES string of the molecule is O=C1NC(=O)/C(=C/c2ccc(-c3cccc(C(F)(F)F)c3)o2)N1. The number of carbonyl (C=O) groups is 2. The first-order chi connectivity index (χ1) is 10.8. The fourth-order valence-corrected chi connectivity index (χ4v) is 2.06. The van der Waals surface area contributed by atoms with Gasteiger partial charge in [-0.3, -0.25) is 10.1 Å². The molecule has 1 fully saturated rings. The van der Waals surface area contributed by atoms with Crippen molar-refractivity contribution in [3.05, 3.63) is 53.4 Å². The van der Waals surface area contributed by atoms with E-state index >= 15 is 0 Å². The van der Waals surface area contributed by atoms with Crippen LogP contribution in [-0.2, 0) is 11.0 Å². The highest BCUT2D eigenvalue weighted by atomic mass is 19.4. The summed E-state index contributed by atoms with van der Waals surface area (Å²) < 4.78 is 43.6. The van der Waals surface area contributed by atoms with E-state index in [-0.39, 0.29) is 22.8 Å². The Morgan fingerprint density at radius 3 is 2.48 bits per heavy atom. The Bertz CT molecular complexity index is 821. The van der Waals surface area contributed by atoms with Gasteiger partial charge in [0.25, 0.3) is 5.91 Å². The molecule has 1 aromatic carbocycles. The molecule has 2 aromatic rings. The highest BCUT2D eigenvalue weighted by Gasteiger charge is 2.30. The Balaban J connectivity index is 1.90. The van der Waals surface area contributed by atoms with Crippen LogP contribution in [0, 0.1) is 0 Å². The van der Waals surface area contributed by atoms with E-state index < -0.39 is 23.7 Å². The minimum absolute atomic E-state index is 0.0000535. The zero-order valence-electron chi connectivity index (χ0n) is 11.4. The van der Waals surface area contributed by atoms with E-state index in [0.29, 0.717) is 0 Å². The fourth-order valence-electron chi connectivity index (χ4n) is 2.06. The number of urea groups is 1. The molecule has 0 spiro atoms. The normalized spacial score (nSPS) is 16.6. The monoisotopic (exact) mass is 322 g/mol. The summed E-state index contributed by atoms with van der Waals surface area (Å²) in [5, 5.41) is 4.31. The van der Waals surface area contributed by atoms with Crippen molar-refractivity contribution in [1.82, 2.24) is 10.6 Å². The molecule has 0 atom stereocenters. The molecule has 3 amide bonds. The van der Waals surface area contributed by atoms with Gasteiger partial charge in [-0.25, -0.2) is 4.79 Å². The molecular weight excluding hydrogens is 313 g/mol. The van der Waals surface area contributed by atoms with Crippen molar-refractivity contribution in [2.75, 3.05) is 0 Å². The van der Waals surface area contributed by atoms with Gasteiger partial charge in [-0.15, -0.1) is 0 Å². The lowest BCUT2D eigenvalue weighted by Gasteiger charge is -2.07. The number of rotatable bonds is 2. The van der Waals surface area contributed by atoms with Gasteiger partial charge in [-0.1, -0.05) is 12.1 Å². The Morgan fingerprint density at radius 1 is 1.04 bits per heavy atom. The van der Waals surface area contributed by atoms with Crippen LogP contribution < -0.4 is 10.6 Å². The highest BCUT2D eigenvalue weighted by Crippen LogP contribution is 2.32. The fraction of sp³-hybridized carbons (Fsp3) is 0.0667. The smallest absolute Gasteiger partial charge is 0.416 e. The summed E-state index contributed by atoms with van der Waals surface area (Å²) in [7, 11) is 0. The standard InChI is InChI=1S/C15H9F3N2O3/c16-15(17,18)9-3-1-2-8(6-9)12-5-4-10(23-12)7-11-13(21)20-14(22)19-11/h1-7H,(H2,19,20,21,22)/b11-7-. The van der Waals surface area contributed by atoms with Crippen molar-refractivity contribution in [3.8, 4) is 11.3 Å². The third-order valence-corrected chi connectivity index (χ3v) is 3.11. The lowest BCUT2D eigenvalue weighted by atomic mass is 10.1. The van der Waals surface area contributed by atoms with Gasteiger partial charge in [0.1, 0.15) is 17.2 Å². The molecule has 1 aromatic heterocycles. The summed E-state index contributed by atoms with van der Waals surface area (Å²) in [6.07, 6.45) is -3.16. The molecule has 0 radical (unpaired) electrons. The molecule has 1 saturated heterocycles. The Hall–Kier alpha value is -3.03. The topological polar surface area (TPSA) is 71.3 Å². The van der Waals surface area contributed by atoms with E-state index in [0.717, 1.165) is 12.1 Å². The molecule has 118 valence electrons. The summed E-state index contributed by atoms with van der Waals surface area (Å²) in [4.78, 5) is 22.4. The molecule has 0 saturated carbocycles. The maximum absolute atomic E-state index is 12.7. The number of furan rings is 1. The van der Waals surface area contributed by atoms with Gasteiger partial charge in [0, 0.05) is 11.6 Å². The largest absolute Gasteiger partial charge is 0.457 e. The van der Waals surface area contributed by atoms with Gasteiger partial charge in [-0.2, -0.15) is 13.2 Å². The van der Waals surface area contributed by atoms with Gasteiger partial charge in [0.05, 0.1) is 5.56 Å². The number of halogens is 3. The zero-order chi connectivity index (χ0) is 16.6. The molecule has 1 aliphatic heterocycles. The first-order valence-corrected chi connectivity index (χ1v) is 6.44. The van der Waals surface area contributed by atoms with Gasteiger partial charge >= 0.3 is 12.2 Å². The van der Waals surface area contributed by atoms with E-state index in [1.807, 2.05) is 5.32 Å². The number of alkyl halides is 3. The van der Waals surface area contributed by atoms with Crippen LogP contribution in [0.15, 0.2) is 46.5 Å². The van der Waals surface area contributed by atoms with Crippen molar-refractivity contribution >= 4 is 18.0 Å². The molecule has 0 bridgehead atoms. The first kappa shape index (κ1) is 14.9. The molecule has 2 N–H and O–H groups in total. The third-order valence-electron chi connectivity index (χ3n) is 3.11. The summed E-state index contributed by atoms with van der Waals surface area (Å²) >= 11 is 0. The predicted octanol–water partition coefficient (Wildman–Crippen LogP) is 3.15. The predicted molar refractivity (Wildman–Crippen MR) is 73.8 cm³/mol. The van der Waals surface area contributed by atoms with Crippen molar-refractivity contribution in [2.45, 2.75) is 6.18 Å². The van der Waals surface area contributed by atoms with Crippen molar-refractivity contribution in [1.29, 1.82) is 0 Å². The second-order valence-corrected chi connectivity index (χ2v) is 4.75. The Morgan fingerprint density at radius 2 is 1.83 bits per heavy atom. The average molecular weight is 322 g/mol. The Labute approximate surface area is 127 Å². The van der Waals surface area contributed by atoms with Crippen LogP contribution in [0.25, 0.3) is 17.4 Å². The van der Waals surface area contributed by atoms with Gasteiger partial charge < -0.3 is 9.73 Å². The van der Waals surface area contributed by atoms with Crippen LogP contribution in [-0.4, -0.2) is 11.9 Å². The summed E-state index contributed by atoms with van der Waals surface area (Å²) in [5.74, 6) is -0.163. The number of hydrogen-bond acceptors (Lipinski definition) is 3. The highest BCUT2D eigenvalue weighted by molar-refractivity contribution is 6.13. The number of carbonyl (C=O) groups excluding carboxylic acids is 2. The number of imide groups is 1. The van der Waals surface area contributed by atoms with Gasteiger partial charge in [0.2, 0.25) is 0 Å². The van der Waals surface area contributed by atoms with Crippen LogP contribution in [0.2, 0.25) is 0 Å². The number of amides is 3. The lowest BCUT2D eigenvalue weighted by molar-refractivity contribution is -0.137. The molecule has 2 heterocycles. The second kappa shape index (κ2) is 5.31. The second-order valence-electron chi connectivity index (χ2n) is 4.75.